The van der Waals surface area contributed by atoms with E-state index in [4.69, 9.17) is 0 Å². The van der Waals surface area contributed by atoms with Crippen LogP contribution in [0.4, 0.5) is 8.78 Å². The van der Waals surface area contributed by atoms with Gasteiger partial charge >= 0.3 is 0 Å². The number of nitrogens with one attached hydrogen (secondary N) is 1. The van der Waals surface area contributed by atoms with Crippen molar-refractivity contribution in [2.75, 3.05) is 26.2 Å². The van der Waals surface area contributed by atoms with E-state index in [9.17, 15) is 18.4 Å². The smallest absolute Gasteiger partial charge is 0.270 e. The summed E-state index contributed by atoms with van der Waals surface area (Å²) in [6.45, 7) is 2.28. The normalized spacial score (nSPS) is 14.5. The molecule has 0 atom stereocenters. The molecule has 1 amide bonds. The van der Waals surface area contributed by atoms with Crippen molar-refractivity contribution in [3.05, 3.63) is 112 Å². The van der Waals surface area contributed by atoms with Gasteiger partial charge in [-0.2, -0.15) is 0 Å². The molecule has 1 aromatic heterocycles. The average molecular weight is 489 g/mol. The van der Waals surface area contributed by atoms with Gasteiger partial charge in [0.2, 0.25) is 5.91 Å². The Labute approximate surface area is 207 Å². The molecule has 1 aliphatic heterocycles. The Hall–Kier alpha value is -3.91. The second-order valence-corrected chi connectivity index (χ2v) is 8.95. The van der Waals surface area contributed by atoms with Crippen LogP contribution in [0, 0.1) is 11.6 Å². The largest absolute Gasteiger partial charge is 0.340 e. The van der Waals surface area contributed by atoms with Crippen molar-refractivity contribution in [3.8, 4) is 0 Å². The molecule has 0 bridgehead atoms. The van der Waals surface area contributed by atoms with Crippen LogP contribution in [0.1, 0.15) is 29.3 Å². The summed E-state index contributed by atoms with van der Waals surface area (Å²) in [6, 6.07) is 19.8. The second kappa shape index (κ2) is 10.4. The Morgan fingerprint density at radius 3 is 2.06 bits per heavy atom. The maximum atomic E-state index is 13.6. The predicted octanol–water partition coefficient (Wildman–Crippen LogP) is 4.07. The van der Waals surface area contributed by atoms with Crippen molar-refractivity contribution in [1.29, 1.82) is 0 Å². The minimum Gasteiger partial charge on any atom is -0.340 e. The van der Waals surface area contributed by atoms with Gasteiger partial charge in [0.1, 0.15) is 17.3 Å². The highest BCUT2D eigenvalue weighted by Gasteiger charge is 2.28. The molecule has 1 saturated heterocycles. The molecule has 3 aromatic carbocycles. The standard InChI is InChI=1S/C28H26F2N4O2/c29-21-9-5-19(6-10-21)27(20-7-11-22(30)12-8-20)34-17-15-33(16-18-34)26(35)14-13-25-28(36)32-24-4-2-1-3-23(24)31-25/h1-12,27H,13-18H2,(H,32,36). The van der Waals surface area contributed by atoms with Crippen molar-refractivity contribution < 1.29 is 13.6 Å². The molecule has 0 aliphatic carbocycles. The zero-order valence-corrected chi connectivity index (χ0v) is 19.7. The Kier molecular flexibility index (Phi) is 6.86. The highest BCUT2D eigenvalue weighted by molar-refractivity contribution is 5.77. The van der Waals surface area contributed by atoms with Crippen LogP contribution in [-0.4, -0.2) is 51.9 Å². The number of fused-ring (bicyclic) bond motifs is 1. The van der Waals surface area contributed by atoms with Gasteiger partial charge < -0.3 is 9.88 Å². The van der Waals surface area contributed by atoms with E-state index >= 15 is 0 Å². The molecule has 36 heavy (non-hydrogen) atoms. The molecule has 0 spiro atoms. The van der Waals surface area contributed by atoms with Gasteiger partial charge in [-0.25, -0.2) is 13.8 Å². The number of carbonyl (C=O) groups excluding carboxylic acids is 1. The number of aromatic nitrogens is 2. The van der Waals surface area contributed by atoms with Crippen LogP contribution in [0.3, 0.4) is 0 Å². The van der Waals surface area contributed by atoms with Gasteiger partial charge in [-0.15, -0.1) is 0 Å². The number of rotatable bonds is 6. The number of H-pyrrole nitrogens is 1. The Morgan fingerprint density at radius 1 is 0.861 bits per heavy atom. The average Bonchev–Trinajstić information content (AvgIpc) is 2.90. The summed E-state index contributed by atoms with van der Waals surface area (Å²) in [7, 11) is 0. The number of halogens is 2. The first kappa shape index (κ1) is 23.8. The molecule has 1 aliphatic rings. The lowest BCUT2D eigenvalue weighted by molar-refractivity contribution is -0.133. The number of hydrogen-bond donors (Lipinski definition) is 1. The van der Waals surface area contributed by atoms with Gasteiger partial charge in [0.15, 0.2) is 0 Å². The summed E-state index contributed by atoms with van der Waals surface area (Å²) in [5.41, 5.74) is 3.27. The van der Waals surface area contributed by atoms with E-state index in [0.717, 1.165) is 11.1 Å². The van der Waals surface area contributed by atoms with Gasteiger partial charge in [-0.3, -0.25) is 14.5 Å². The van der Waals surface area contributed by atoms with Crippen LogP contribution in [0.2, 0.25) is 0 Å². The summed E-state index contributed by atoms with van der Waals surface area (Å²) in [6.07, 6.45) is 0.473. The van der Waals surface area contributed by atoms with Crippen LogP contribution < -0.4 is 5.56 Å². The van der Waals surface area contributed by atoms with Gasteiger partial charge in [0.05, 0.1) is 17.1 Å². The topological polar surface area (TPSA) is 69.3 Å². The van der Waals surface area contributed by atoms with Gasteiger partial charge in [-0.05, 0) is 47.5 Å². The van der Waals surface area contributed by atoms with Crippen molar-refractivity contribution in [2.45, 2.75) is 18.9 Å². The highest BCUT2D eigenvalue weighted by Crippen LogP contribution is 2.30. The van der Waals surface area contributed by atoms with Crippen LogP contribution in [-0.2, 0) is 11.2 Å². The Balaban J connectivity index is 1.25. The molecule has 1 fully saturated rings. The van der Waals surface area contributed by atoms with E-state index in [2.05, 4.69) is 14.9 Å². The van der Waals surface area contributed by atoms with Gasteiger partial charge in [0.25, 0.3) is 5.56 Å². The number of para-hydroxylation sites is 2. The fraction of sp³-hybridized carbons (Fsp3) is 0.250. The molecule has 6 nitrogen and oxygen atoms in total. The van der Waals surface area contributed by atoms with E-state index in [0.29, 0.717) is 42.9 Å². The lowest BCUT2D eigenvalue weighted by atomic mass is 9.96. The molecule has 8 heteroatoms. The monoisotopic (exact) mass is 488 g/mol. The first-order chi connectivity index (χ1) is 17.5. The number of amides is 1. The fourth-order valence-electron chi connectivity index (χ4n) is 4.75. The summed E-state index contributed by atoms with van der Waals surface area (Å²) < 4.78 is 27.1. The Morgan fingerprint density at radius 2 is 1.44 bits per heavy atom. The molecular weight excluding hydrogens is 462 g/mol. The number of aromatic amines is 1. The summed E-state index contributed by atoms with van der Waals surface area (Å²) in [5.74, 6) is -0.650. The first-order valence-electron chi connectivity index (χ1n) is 12.0. The molecule has 1 N–H and O–H groups in total. The van der Waals surface area contributed by atoms with Crippen molar-refractivity contribution in [3.63, 3.8) is 0 Å². The molecule has 4 aromatic rings. The molecule has 0 radical (unpaired) electrons. The van der Waals surface area contributed by atoms with E-state index in [-0.39, 0.29) is 42.0 Å². The third-order valence-electron chi connectivity index (χ3n) is 6.65. The number of benzene rings is 3. The number of carbonyl (C=O) groups is 1. The van der Waals surface area contributed by atoms with Crippen molar-refractivity contribution in [1.82, 2.24) is 19.8 Å². The molecule has 184 valence electrons. The summed E-state index contributed by atoms with van der Waals surface area (Å²) >= 11 is 0. The molecule has 0 unspecified atom stereocenters. The third kappa shape index (κ3) is 5.18. The minimum atomic E-state index is -0.313. The van der Waals surface area contributed by atoms with E-state index < -0.39 is 0 Å². The lowest BCUT2D eigenvalue weighted by Gasteiger charge is -2.40. The summed E-state index contributed by atoms with van der Waals surface area (Å²) in [5, 5.41) is 0. The SMILES string of the molecule is O=C(CCc1nc2ccccc2[nH]c1=O)N1CCN(C(c2ccc(F)cc2)c2ccc(F)cc2)CC1. The number of aryl methyl sites for hydroxylation is 1. The zero-order chi connectivity index (χ0) is 25.1. The maximum absolute atomic E-state index is 13.6. The van der Waals surface area contributed by atoms with Crippen LogP contribution >= 0.6 is 0 Å². The van der Waals surface area contributed by atoms with Gasteiger partial charge in [-0.1, -0.05) is 36.4 Å². The van der Waals surface area contributed by atoms with E-state index in [1.165, 1.54) is 24.3 Å². The van der Waals surface area contributed by atoms with Crippen LogP contribution in [0.25, 0.3) is 11.0 Å². The van der Waals surface area contributed by atoms with Crippen LogP contribution in [0.15, 0.2) is 77.6 Å². The van der Waals surface area contributed by atoms with E-state index in [1.54, 1.807) is 35.2 Å². The maximum Gasteiger partial charge on any atom is 0.270 e. The summed E-state index contributed by atoms with van der Waals surface area (Å²) in [4.78, 5) is 36.6. The van der Waals surface area contributed by atoms with E-state index in [1.807, 2.05) is 18.2 Å². The van der Waals surface area contributed by atoms with Gasteiger partial charge in [0, 0.05) is 39.0 Å². The third-order valence-corrected chi connectivity index (χ3v) is 6.65. The molecule has 0 saturated carbocycles. The highest BCUT2D eigenvalue weighted by atomic mass is 19.1. The Bertz CT molecular complexity index is 1370. The first-order valence-corrected chi connectivity index (χ1v) is 12.0. The van der Waals surface area contributed by atoms with Crippen molar-refractivity contribution in [2.24, 2.45) is 0 Å². The van der Waals surface area contributed by atoms with Crippen molar-refractivity contribution >= 4 is 16.9 Å². The fourth-order valence-corrected chi connectivity index (χ4v) is 4.75. The lowest BCUT2D eigenvalue weighted by Crippen LogP contribution is -2.50. The number of nitrogens with zero attached hydrogens (tertiary/aromatic N) is 3. The minimum absolute atomic E-state index is 0.0240. The molecule has 5 rings (SSSR count). The number of piperazine rings is 1. The molecular formula is C28H26F2N4O2. The molecule has 2 heterocycles. The second-order valence-electron chi connectivity index (χ2n) is 8.95. The predicted molar refractivity (Wildman–Crippen MR) is 133 cm³/mol. The number of hydrogen-bond acceptors (Lipinski definition) is 4. The van der Waals surface area contributed by atoms with Crippen LogP contribution in [0.5, 0.6) is 0 Å². The zero-order valence-electron chi connectivity index (χ0n) is 19.7. The quantitative estimate of drug-likeness (QED) is 0.444.